The van der Waals surface area contributed by atoms with Crippen molar-refractivity contribution >= 4 is 48.9 Å². The van der Waals surface area contributed by atoms with E-state index in [2.05, 4.69) is 8.75 Å². The fraction of sp³-hybridized carbons (Fsp3) is 0.158. The van der Waals surface area contributed by atoms with Gasteiger partial charge in [-0.05, 0) is 60.3 Å². The number of aryl methyl sites for hydroxylation is 1. The van der Waals surface area contributed by atoms with E-state index in [0.29, 0.717) is 17.4 Å². The molecule has 0 bridgehead atoms. The highest BCUT2D eigenvalue weighted by molar-refractivity contribution is 7.13. The van der Waals surface area contributed by atoms with Gasteiger partial charge in [-0.3, -0.25) is 0 Å². The van der Waals surface area contributed by atoms with Crippen molar-refractivity contribution in [3.63, 3.8) is 0 Å². The lowest BCUT2D eigenvalue weighted by Gasteiger charge is -1.97. The van der Waals surface area contributed by atoms with E-state index in [4.69, 9.17) is 25.7 Å². The highest BCUT2D eigenvalue weighted by Crippen LogP contribution is 2.30. The molecule has 2 aromatic heterocycles. The first kappa shape index (κ1) is 19.4. The zero-order chi connectivity index (χ0) is 19.9. The standard InChI is InChI=1S/C10H8N2OS.C9H7N3OS/c1-7-2-3-9-8(6-7)10(12-14-9)13-5-4-11;10-3-4-13-9-7-5-6(11)1-2-8(7)14-12-9/h2-3,6H,5H2,1H3;1-2,5H,4,11H2. The maximum atomic E-state index is 8.39. The summed E-state index contributed by atoms with van der Waals surface area (Å²) >= 11 is 2.72. The van der Waals surface area contributed by atoms with Crippen LogP contribution in [-0.4, -0.2) is 22.0 Å². The fourth-order valence-electron chi connectivity index (χ4n) is 2.37. The topological polar surface area (TPSA) is 118 Å². The van der Waals surface area contributed by atoms with E-state index in [1.54, 1.807) is 6.07 Å². The third-order valence-corrected chi connectivity index (χ3v) is 5.22. The number of aromatic nitrogens is 2. The summed E-state index contributed by atoms with van der Waals surface area (Å²) in [5.74, 6) is 1.05. The van der Waals surface area contributed by atoms with Crippen LogP contribution < -0.4 is 15.2 Å². The number of nitrogens with two attached hydrogens (primary N) is 1. The molecule has 0 fully saturated rings. The number of hydrogen-bond donors (Lipinski definition) is 1. The smallest absolute Gasteiger partial charge is 0.234 e. The number of nitrogens with zero attached hydrogens (tertiary/aromatic N) is 4. The minimum absolute atomic E-state index is 0.00757. The monoisotopic (exact) mass is 409 g/mol. The third-order valence-electron chi connectivity index (χ3n) is 3.60. The molecule has 4 rings (SSSR count). The van der Waals surface area contributed by atoms with Gasteiger partial charge < -0.3 is 15.2 Å². The van der Waals surface area contributed by atoms with Crippen molar-refractivity contribution in [3.05, 3.63) is 42.0 Å². The molecule has 2 heterocycles. The Labute approximate surface area is 169 Å². The average Bonchev–Trinajstić information content (AvgIpc) is 3.28. The highest BCUT2D eigenvalue weighted by atomic mass is 32.1. The first-order valence-corrected chi connectivity index (χ1v) is 9.67. The van der Waals surface area contributed by atoms with Crippen LogP contribution in [0.3, 0.4) is 0 Å². The molecule has 4 aromatic rings. The van der Waals surface area contributed by atoms with Crippen LogP contribution in [0.1, 0.15) is 5.56 Å². The van der Waals surface area contributed by atoms with Crippen molar-refractivity contribution in [1.82, 2.24) is 8.75 Å². The zero-order valence-electron chi connectivity index (χ0n) is 14.9. The predicted octanol–water partition coefficient (Wildman–Crippen LogP) is 4.29. The number of hydrogen-bond acceptors (Lipinski definition) is 9. The largest absolute Gasteiger partial charge is 0.461 e. The van der Waals surface area contributed by atoms with Crippen molar-refractivity contribution in [1.29, 1.82) is 10.5 Å². The first-order valence-electron chi connectivity index (χ1n) is 8.13. The summed E-state index contributed by atoms with van der Waals surface area (Å²) in [7, 11) is 0. The van der Waals surface area contributed by atoms with E-state index in [1.807, 2.05) is 49.4 Å². The van der Waals surface area contributed by atoms with Gasteiger partial charge in [0.25, 0.3) is 0 Å². The molecular formula is C19H15N5O2S2. The molecule has 0 aliphatic carbocycles. The van der Waals surface area contributed by atoms with Crippen LogP contribution in [0.4, 0.5) is 5.69 Å². The number of ether oxygens (including phenoxy) is 2. The van der Waals surface area contributed by atoms with Crippen LogP contribution in [0.2, 0.25) is 0 Å². The van der Waals surface area contributed by atoms with Gasteiger partial charge in [-0.2, -0.15) is 19.3 Å². The Kier molecular flexibility index (Phi) is 6.22. The average molecular weight is 409 g/mol. The van der Waals surface area contributed by atoms with Crippen molar-refractivity contribution in [2.75, 3.05) is 18.9 Å². The highest BCUT2D eigenvalue weighted by Gasteiger charge is 2.07. The van der Waals surface area contributed by atoms with Crippen LogP contribution in [0.15, 0.2) is 36.4 Å². The van der Waals surface area contributed by atoms with Crippen LogP contribution in [-0.2, 0) is 0 Å². The molecule has 2 aromatic carbocycles. The zero-order valence-corrected chi connectivity index (χ0v) is 16.5. The molecule has 0 saturated carbocycles. The maximum Gasteiger partial charge on any atom is 0.234 e. The van der Waals surface area contributed by atoms with E-state index in [-0.39, 0.29) is 13.2 Å². The Bertz CT molecular complexity index is 1090. The van der Waals surface area contributed by atoms with Gasteiger partial charge in [0.2, 0.25) is 11.8 Å². The quantitative estimate of drug-likeness (QED) is 0.500. The van der Waals surface area contributed by atoms with E-state index in [9.17, 15) is 0 Å². The summed E-state index contributed by atoms with van der Waals surface area (Å²) in [5, 5.41) is 18.6. The minimum Gasteiger partial charge on any atom is -0.461 e. The summed E-state index contributed by atoms with van der Waals surface area (Å²) in [6, 6.07) is 15.4. The lowest BCUT2D eigenvalue weighted by Crippen LogP contribution is -1.93. The SMILES string of the molecule is Cc1ccc2snc(OCC#N)c2c1.N#CCOc1nsc2ccc(N)cc12. The van der Waals surface area contributed by atoms with Crippen LogP contribution >= 0.6 is 23.1 Å². The molecule has 0 unspecified atom stereocenters. The van der Waals surface area contributed by atoms with E-state index >= 15 is 0 Å². The Balaban J connectivity index is 0.000000161. The molecule has 0 spiro atoms. The molecule has 28 heavy (non-hydrogen) atoms. The van der Waals surface area contributed by atoms with Crippen LogP contribution in [0.5, 0.6) is 11.8 Å². The molecule has 2 N–H and O–H groups in total. The van der Waals surface area contributed by atoms with Gasteiger partial charge in [-0.1, -0.05) is 11.6 Å². The molecule has 7 nitrogen and oxygen atoms in total. The summed E-state index contributed by atoms with van der Waals surface area (Å²) in [4.78, 5) is 0. The first-order chi connectivity index (χ1) is 13.6. The maximum absolute atomic E-state index is 8.39. The van der Waals surface area contributed by atoms with Gasteiger partial charge in [-0.25, -0.2) is 0 Å². The van der Waals surface area contributed by atoms with E-state index in [0.717, 1.165) is 20.2 Å². The Hall–Kier alpha value is -3.40. The number of nitriles is 2. The molecule has 0 amide bonds. The number of rotatable bonds is 4. The molecule has 0 atom stereocenters. The van der Waals surface area contributed by atoms with E-state index in [1.165, 1.54) is 28.6 Å². The third kappa shape index (κ3) is 4.46. The number of fused-ring (bicyclic) bond motifs is 2. The summed E-state index contributed by atoms with van der Waals surface area (Å²) in [5.41, 5.74) is 7.47. The fourth-order valence-corrected chi connectivity index (χ4v) is 3.79. The second kappa shape index (κ2) is 9.00. The molecule has 0 radical (unpaired) electrons. The minimum atomic E-state index is 0.00757. The summed E-state index contributed by atoms with van der Waals surface area (Å²) in [6.45, 7) is 2.07. The van der Waals surface area contributed by atoms with Crippen molar-refractivity contribution in [3.8, 4) is 23.9 Å². The molecular weight excluding hydrogens is 394 g/mol. The van der Waals surface area contributed by atoms with Crippen LogP contribution in [0.25, 0.3) is 20.2 Å². The lowest BCUT2D eigenvalue weighted by molar-refractivity contribution is 0.361. The normalized spacial score (nSPS) is 9.96. The molecule has 0 aliphatic heterocycles. The number of anilines is 1. The van der Waals surface area contributed by atoms with Gasteiger partial charge >= 0.3 is 0 Å². The Morgan fingerprint density at radius 1 is 0.893 bits per heavy atom. The predicted molar refractivity (Wildman–Crippen MR) is 111 cm³/mol. The Morgan fingerprint density at radius 2 is 1.43 bits per heavy atom. The van der Waals surface area contributed by atoms with E-state index < -0.39 is 0 Å². The van der Waals surface area contributed by atoms with Crippen molar-refractivity contribution < 1.29 is 9.47 Å². The van der Waals surface area contributed by atoms with Crippen LogP contribution in [0, 0.1) is 29.6 Å². The second-order valence-electron chi connectivity index (χ2n) is 5.62. The van der Waals surface area contributed by atoms with Gasteiger partial charge in [0.05, 0.1) is 20.2 Å². The Morgan fingerprint density at radius 3 is 2.00 bits per heavy atom. The molecule has 0 aliphatic rings. The summed E-state index contributed by atoms with van der Waals surface area (Å²) < 4.78 is 20.7. The lowest BCUT2D eigenvalue weighted by atomic mass is 10.2. The van der Waals surface area contributed by atoms with Crippen molar-refractivity contribution in [2.45, 2.75) is 6.92 Å². The summed E-state index contributed by atoms with van der Waals surface area (Å²) in [6.07, 6.45) is 0. The van der Waals surface area contributed by atoms with Gasteiger partial charge in [0, 0.05) is 5.69 Å². The van der Waals surface area contributed by atoms with Gasteiger partial charge in [-0.15, -0.1) is 0 Å². The van der Waals surface area contributed by atoms with Gasteiger partial charge in [0.1, 0.15) is 12.1 Å². The molecule has 140 valence electrons. The number of nitrogen functional groups attached to an aromatic ring is 1. The van der Waals surface area contributed by atoms with Crippen molar-refractivity contribution in [2.24, 2.45) is 0 Å². The van der Waals surface area contributed by atoms with Gasteiger partial charge in [0.15, 0.2) is 13.2 Å². The second-order valence-corrected chi connectivity index (χ2v) is 7.23. The number of benzene rings is 2. The molecule has 0 saturated heterocycles. The molecule has 9 heteroatoms.